The molecule has 1 saturated heterocycles. The highest BCUT2D eigenvalue weighted by Gasteiger charge is 2.29. The Morgan fingerprint density at radius 3 is 2.89 bits per heavy atom. The third-order valence-corrected chi connectivity index (χ3v) is 6.63. The van der Waals surface area contributed by atoms with Crippen molar-refractivity contribution < 1.29 is 9.59 Å². The summed E-state index contributed by atoms with van der Waals surface area (Å²) in [5, 5.41) is 1.98. The SMILES string of the molecule is CCCc1cc(C(=O)N2CCc3nc([C@@H]4CCN(C(C)=O)C4)ncc3C2)cs1. The zero-order chi connectivity index (χ0) is 19.7. The number of thiophene rings is 1. The Hall–Kier alpha value is -2.28. The molecule has 28 heavy (non-hydrogen) atoms. The van der Waals surface area contributed by atoms with E-state index in [0.29, 0.717) is 19.6 Å². The van der Waals surface area contributed by atoms with Gasteiger partial charge in [-0.2, -0.15) is 0 Å². The highest BCUT2D eigenvalue weighted by atomic mass is 32.1. The van der Waals surface area contributed by atoms with Crippen molar-refractivity contribution in [2.24, 2.45) is 0 Å². The van der Waals surface area contributed by atoms with Crippen LogP contribution in [0.3, 0.4) is 0 Å². The van der Waals surface area contributed by atoms with E-state index in [1.54, 1.807) is 18.3 Å². The molecule has 0 saturated carbocycles. The second-order valence-corrected chi connectivity index (χ2v) is 8.67. The second-order valence-electron chi connectivity index (χ2n) is 7.68. The molecule has 6 nitrogen and oxygen atoms in total. The monoisotopic (exact) mass is 398 g/mol. The highest BCUT2D eigenvalue weighted by Crippen LogP contribution is 2.27. The van der Waals surface area contributed by atoms with Crippen LogP contribution >= 0.6 is 11.3 Å². The second kappa shape index (κ2) is 7.99. The summed E-state index contributed by atoms with van der Waals surface area (Å²) in [4.78, 5) is 38.8. The molecular formula is C21H26N4O2S. The van der Waals surface area contributed by atoms with Crippen LogP contribution in [0.5, 0.6) is 0 Å². The molecule has 4 rings (SSSR count). The van der Waals surface area contributed by atoms with Gasteiger partial charge in [0.2, 0.25) is 5.91 Å². The number of carbonyl (C=O) groups excluding carboxylic acids is 2. The van der Waals surface area contributed by atoms with Crippen LogP contribution < -0.4 is 0 Å². The minimum Gasteiger partial charge on any atom is -0.342 e. The molecule has 1 atom stereocenters. The number of likely N-dealkylation sites (tertiary alicyclic amines) is 1. The van der Waals surface area contributed by atoms with E-state index >= 15 is 0 Å². The number of rotatable bonds is 4. The van der Waals surface area contributed by atoms with Gasteiger partial charge in [0.1, 0.15) is 5.82 Å². The van der Waals surface area contributed by atoms with Crippen LogP contribution in [0.4, 0.5) is 0 Å². The van der Waals surface area contributed by atoms with Gasteiger partial charge < -0.3 is 9.80 Å². The van der Waals surface area contributed by atoms with Crippen molar-refractivity contribution in [1.82, 2.24) is 19.8 Å². The molecule has 1 fully saturated rings. The van der Waals surface area contributed by atoms with E-state index in [2.05, 4.69) is 11.9 Å². The van der Waals surface area contributed by atoms with E-state index in [0.717, 1.165) is 54.9 Å². The molecule has 2 aliphatic rings. The fourth-order valence-electron chi connectivity index (χ4n) is 4.01. The van der Waals surface area contributed by atoms with E-state index in [1.807, 2.05) is 27.4 Å². The molecule has 0 unspecified atom stereocenters. The first-order valence-corrected chi connectivity index (χ1v) is 10.9. The fourth-order valence-corrected chi connectivity index (χ4v) is 4.98. The molecule has 148 valence electrons. The smallest absolute Gasteiger partial charge is 0.255 e. The molecular weight excluding hydrogens is 372 g/mol. The van der Waals surface area contributed by atoms with Crippen molar-refractivity contribution in [2.75, 3.05) is 19.6 Å². The molecule has 4 heterocycles. The van der Waals surface area contributed by atoms with E-state index in [-0.39, 0.29) is 17.7 Å². The highest BCUT2D eigenvalue weighted by molar-refractivity contribution is 7.10. The summed E-state index contributed by atoms with van der Waals surface area (Å²) in [7, 11) is 0. The van der Waals surface area contributed by atoms with Gasteiger partial charge in [0.05, 0.1) is 11.3 Å². The summed E-state index contributed by atoms with van der Waals surface area (Å²) >= 11 is 1.67. The summed E-state index contributed by atoms with van der Waals surface area (Å²) < 4.78 is 0. The molecule has 2 aromatic rings. The van der Waals surface area contributed by atoms with Crippen LogP contribution in [0.25, 0.3) is 0 Å². The van der Waals surface area contributed by atoms with Crippen LogP contribution in [-0.4, -0.2) is 51.2 Å². The Bertz CT molecular complexity index is 894. The van der Waals surface area contributed by atoms with Gasteiger partial charge >= 0.3 is 0 Å². The Balaban J connectivity index is 1.44. The number of hydrogen-bond donors (Lipinski definition) is 0. The van der Waals surface area contributed by atoms with Crippen LogP contribution in [0.1, 0.15) is 64.9 Å². The molecule has 0 spiro atoms. The van der Waals surface area contributed by atoms with Gasteiger partial charge in [0.25, 0.3) is 5.91 Å². The largest absolute Gasteiger partial charge is 0.342 e. The van der Waals surface area contributed by atoms with E-state index in [1.165, 1.54) is 4.88 Å². The van der Waals surface area contributed by atoms with Gasteiger partial charge in [0.15, 0.2) is 0 Å². The van der Waals surface area contributed by atoms with Crippen LogP contribution in [0.2, 0.25) is 0 Å². The lowest BCUT2D eigenvalue weighted by atomic mass is 10.0. The molecule has 0 radical (unpaired) electrons. The lowest BCUT2D eigenvalue weighted by molar-refractivity contribution is -0.127. The van der Waals surface area contributed by atoms with Crippen LogP contribution in [-0.2, 0) is 24.2 Å². The van der Waals surface area contributed by atoms with Crippen molar-refractivity contribution in [3.63, 3.8) is 0 Å². The molecule has 7 heteroatoms. The molecule has 0 aromatic carbocycles. The molecule has 2 aliphatic heterocycles. The maximum atomic E-state index is 12.9. The minimum atomic E-state index is 0.0984. The lowest BCUT2D eigenvalue weighted by Gasteiger charge is -2.28. The predicted octanol–water partition coefficient (Wildman–Crippen LogP) is 3.02. The van der Waals surface area contributed by atoms with Gasteiger partial charge in [-0.15, -0.1) is 11.3 Å². The molecule has 0 N–H and O–H groups in total. The number of aryl methyl sites for hydroxylation is 1. The maximum absolute atomic E-state index is 12.9. The van der Waals surface area contributed by atoms with Crippen molar-refractivity contribution in [3.8, 4) is 0 Å². The topological polar surface area (TPSA) is 66.4 Å². The van der Waals surface area contributed by atoms with Crippen molar-refractivity contribution in [3.05, 3.63) is 45.2 Å². The Morgan fingerprint density at radius 2 is 2.14 bits per heavy atom. The van der Waals surface area contributed by atoms with E-state index < -0.39 is 0 Å². The summed E-state index contributed by atoms with van der Waals surface area (Å²) in [5.41, 5.74) is 2.88. The Labute approximate surface area is 169 Å². The average molecular weight is 399 g/mol. The van der Waals surface area contributed by atoms with E-state index in [9.17, 15) is 9.59 Å². The first kappa shape index (κ1) is 19.1. The first-order chi connectivity index (χ1) is 13.5. The summed E-state index contributed by atoms with van der Waals surface area (Å²) in [6.45, 7) is 6.50. The van der Waals surface area contributed by atoms with Gasteiger partial charge in [-0.1, -0.05) is 13.3 Å². The number of fused-ring (bicyclic) bond motifs is 1. The Morgan fingerprint density at radius 1 is 1.29 bits per heavy atom. The quantitative estimate of drug-likeness (QED) is 0.794. The lowest BCUT2D eigenvalue weighted by Crippen LogP contribution is -2.36. The molecule has 0 aliphatic carbocycles. The summed E-state index contributed by atoms with van der Waals surface area (Å²) in [6.07, 6.45) is 5.67. The third kappa shape index (κ3) is 3.81. The zero-order valence-corrected chi connectivity index (χ0v) is 17.3. The van der Waals surface area contributed by atoms with Crippen LogP contribution in [0, 0.1) is 0 Å². The first-order valence-electron chi connectivity index (χ1n) is 10.0. The number of hydrogen-bond acceptors (Lipinski definition) is 5. The number of amides is 2. The zero-order valence-electron chi connectivity index (χ0n) is 16.5. The molecule has 2 amide bonds. The fraction of sp³-hybridized carbons (Fsp3) is 0.524. The van der Waals surface area contributed by atoms with Crippen molar-refractivity contribution >= 4 is 23.2 Å². The van der Waals surface area contributed by atoms with Crippen molar-refractivity contribution in [1.29, 1.82) is 0 Å². The van der Waals surface area contributed by atoms with Crippen LogP contribution in [0.15, 0.2) is 17.6 Å². The average Bonchev–Trinajstić information content (AvgIpc) is 3.37. The third-order valence-electron chi connectivity index (χ3n) is 5.64. The molecule has 0 bridgehead atoms. The van der Waals surface area contributed by atoms with Gasteiger partial charge in [-0.25, -0.2) is 9.97 Å². The standard InChI is InChI=1S/C21H26N4O2S/c1-3-4-18-9-16(13-28-18)21(27)25-8-6-19-17(12-25)10-22-20(23-19)15-5-7-24(11-15)14(2)26/h9-10,13,15H,3-8,11-12H2,1-2H3/t15-/m1/s1. The van der Waals surface area contributed by atoms with Gasteiger partial charge in [-0.3, -0.25) is 9.59 Å². The number of nitrogens with zero attached hydrogens (tertiary/aromatic N) is 4. The summed E-state index contributed by atoms with van der Waals surface area (Å²) in [5.74, 6) is 1.27. The van der Waals surface area contributed by atoms with Gasteiger partial charge in [0, 0.05) is 67.5 Å². The van der Waals surface area contributed by atoms with E-state index in [4.69, 9.17) is 4.98 Å². The normalized spacial score (nSPS) is 19.0. The minimum absolute atomic E-state index is 0.0984. The predicted molar refractivity (Wildman–Crippen MR) is 108 cm³/mol. The Kier molecular flexibility index (Phi) is 5.44. The number of aromatic nitrogens is 2. The summed E-state index contributed by atoms with van der Waals surface area (Å²) in [6, 6.07) is 2.03. The number of carbonyl (C=O) groups is 2. The van der Waals surface area contributed by atoms with Gasteiger partial charge in [-0.05, 0) is 18.9 Å². The van der Waals surface area contributed by atoms with Crippen molar-refractivity contribution in [2.45, 2.75) is 52.0 Å². The molecule has 2 aromatic heterocycles. The maximum Gasteiger partial charge on any atom is 0.255 e.